The van der Waals surface area contributed by atoms with Gasteiger partial charge in [-0.2, -0.15) is 0 Å². The standard InChI is InChI=1S/C29H39N3/c1-2-8-24(9-3-1)21-32-22-28(27-12-4-5-14-29(27)32)26(25-11-7-17-31-20-25)13-6-10-23-15-18-30-19-16-23/h4-5,7,11-12,14,17,20,22-24,26,30H,1-3,6,8-10,13,15-16,18-19,21H2. The molecule has 1 aliphatic carbocycles. The van der Waals surface area contributed by atoms with Gasteiger partial charge >= 0.3 is 0 Å². The van der Waals surface area contributed by atoms with Gasteiger partial charge in [0.15, 0.2) is 0 Å². The Morgan fingerprint density at radius 3 is 2.59 bits per heavy atom. The van der Waals surface area contributed by atoms with Crippen LogP contribution in [-0.4, -0.2) is 22.6 Å². The molecule has 2 fully saturated rings. The molecule has 1 unspecified atom stereocenters. The Labute approximate surface area is 193 Å². The molecule has 5 rings (SSSR count). The highest BCUT2D eigenvalue weighted by molar-refractivity contribution is 5.85. The van der Waals surface area contributed by atoms with Gasteiger partial charge in [0.2, 0.25) is 0 Å². The lowest BCUT2D eigenvalue weighted by Crippen LogP contribution is -2.27. The number of nitrogens with zero attached hydrogens (tertiary/aromatic N) is 2. The molecule has 1 aliphatic heterocycles. The van der Waals surface area contributed by atoms with E-state index in [-0.39, 0.29) is 0 Å². The number of aromatic nitrogens is 2. The first-order valence-corrected chi connectivity index (χ1v) is 13.1. The normalized spacial score (nSPS) is 19.4. The van der Waals surface area contributed by atoms with Crippen molar-refractivity contribution in [1.29, 1.82) is 0 Å². The Bertz CT molecular complexity index is 964. The maximum atomic E-state index is 4.49. The van der Waals surface area contributed by atoms with Crippen LogP contribution in [0.1, 0.15) is 81.3 Å². The highest BCUT2D eigenvalue weighted by Crippen LogP contribution is 2.37. The van der Waals surface area contributed by atoms with E-state index in [0.717, 1.165) is 11.8 Å². The van der Waals surface area contributed by atoms with Gasteiger partial charge in [0.25, 0.3) is 0 Å². The molecular formula is C29H39N3. The lowest BCUT2D eigenvalue weighted by Gasteiger charge is -2.24. The number of piperidine rings is 1. The summed E-state index contributed by atoms with van der Waals surface area (Å²) in [6, 6.07) is 13.5. The average Bonchev–Trinajstić information content (AvgIpc) is 3.22. The van der Waals surface area contributed by atoms with E-state index in [0.29, 0.717) is 5.92 Å². The predicted octanol–water partition coefficient (Wildman–Crippen LogP) is 6.92. The van der Waals surface area contributed by atoms with Crippen molar-refractivity contribution in [2.24, 2.45) is 11.8 Å². The molecule has 170 valence electrons. The molecule has 2 aromatic heterocycles. The van der Waals surface area contributed by atoms with Gasteiger partial charge in [-0.05, 0) is 80.3 Å². The summed E-state index contributed by atoms with van der Waals surface area (Å²) in [6.07, 6.45) is 20.1. The molecule has 3 aromatic rings. The summed E-state index contributed by atoms with van der Waals surface area (Å²) >= 11 is 0. The molecule has 0 radical (unpaired) electrons. The van der Waals surface area contributed by atoms with E-state index in [1.54, 1.807) is 0 Å². The summed E-state index contributed by atoms with van der Waals surface area (Å²) < 4.78 is 2.58. The van der Waals surface area contributed by atoms with Crippen molar-refractivity contribution in [3.05, 3.63) is 66.1 Å². The average molecular weight is 430 g/mol. The van der Waals surface area contributed by atoms with Gasteiger partial charge in [-0.15, -0.1) is 0 Å². The lowest BCUT2D eigenvalue weighted by atomic mass is 9.85. The monoisotopic (exact) mass is 429 g/mol. The largest absolute Gasteiger partial charge is 0.347 e. The fourth-order valence-electron chi connectivity index (χ4n) is 6.22. The SMILES string of the molecule is c1cncc(C(CCCC2CCNCC2)c2cn(CC3CCCCC3)c3ccccc23)c1. The topological polar surface area (TPSA) is 29.9 Å². The van der Waals surface area contributed by atoms with Crippen LogP contribution in [0.4, 0.5) is 0 Å². The van der Waals surface area contributed by atoms with E-state index in [9.17, 15) is 0 Å². The molecule has 1 saturated heterocycles. The smallest absolute Gasteiger partial charge is 0.0483 e. The Morgan fingerprint density at radius 2 is 1.78 bits per heavy atom. The summed E-state index contributed by atoms with van der Waals surface area (Å²) in [4.78, 5) is 4.49. The van der Waals surface area contributed by atoms with Crippen LogP contribution in [0.2, 0.25) is 0 Å². The third-order valence-corrected chi connectivity index (χ3v) is 8.03. The second-order valence-electron chi connectivity index (χ2n) is 10.2. The molecule has 1 aromatic carbocycles. The molecular weight excluding hydrogens is 390 g/mol. The number of rotatable bonds is 8. The van der Waals surface area contributed by atoms with E-state index in [4.69, 9.17) is 0 Å². The molecule has 0 amide bonds. The predicted molar refractivity (Wildman–Crippen MR) is 134 cm³/mol. The van der Waals surface area contributed by atoms with Crippen molar-refractivity contribution in [2.75, 3.05) is 13.1 Å². The lowest BCUT2D eigenvalue weighted by molar-refractivity contribution is 0.322. The molecule has 32 heavy (non-hydrogen) atoms. The maximum Gasteiger partial charge on any atom is 0.0483 e. The summed E-state index contributed by atoms with van der Waals surface area (Å²) in [6.45, 7) is 3.58. The molecule has 3 nitrogen and oxygen atoms in total. The summed E-state index contributed by atoms with van der Waals surface area (Å²) in [5.41, 5.74) is 4.30. The Hall–Kier alpha value is -2.13. The summed E-state index contributed by atoms with van der Waals surface area (Å²) in [5, 5.41) is 4.95. The van der Waals surface area contributed by atoms with E-state index in [1.807, 2.05) is 6.20 Å². The zero-order valence-corrected chi connectivity index (χ0v) is 19.5. The molecule has 0 bridgehead atoms. The van der Waals surface area contributed by atoms with Crippen LogP contribution in [0.5, 0.6) is 0 Å². The molecule has 3 heteroatoms. The van der Waals surface area contributed by atoms with Crippen molar-refractivity contribution in [3.8, 4) is 0 Å². The number of pyridine rings is 1. The van der Waals surface area contributed by atoms with Crippen molar-refractivity contribution >= 4 is 10.9 Å². The number of hydrogen-bond acceptors (Lipinski definition) is 2. The molecule has 2 aliphatic rings. The zero-order chi connectivity index (χ0) is 21.6. The molecule has 0 spiro atoms. The minimum atomic E-state index is 0.433. The second kappa shape index (κ2) is 10.7. The maximum absolute atomic E-state index is 4.49. The Kier molecular flexibility index (Phi) is 7.23. The van der Waals surface area contributed by atoms with Crippen molar-refractivity contribution in [3.63, 3.8) is 0 Å². The quantitative estimate of drug-likeness (QED) is 0.421. The van der Waals surface area contributed by atoms with Gasteiger partial charge in [0, 0.05) is 42.0 Å². The third-order valence-electron chi connectivity index (χ3n) is 8.03. The van der Waals surface area contributed by atoms with Gasteiger partial charge in [-0.3, -0.25) is 4.98 Å². The van der Waals surface area contributed by atoms with E-state index >= 15 is 0 Å². The molecule has 1 saturated carbocycles. The highest BCUT2D eigenvalue weighted by atomic mass is 15.0. The minimum Gasteiger partial charge on any atom is -0.347 e. The van der Waals surface area contributed by atoms with E-state index < -0.39 is 0 Å². The summed E-state index contributed by atoms with van der Waals surface area (Å²) in [7, 11) is 0. The van der Waals surface area contributed by atoms with Crippen molar-refractivity contribution < 1.29 is 0 Å². The first kappa shape index (κ1) is 21.7. The second-order valence-corrected chi connectivity index (χ2v) is 10.2. The number of benzene rings is 1. The molecule has 1 atom stereocenters. The minimum absolute atomic E-state index is 0.433. The Balaban J connectivity index is 1.41. The first-order valence-electron chi connectivity index (χ1n) is 13.1. The molecule has 3 heterocycles. The van der Waals surface area contributed by atoms with Crippen LogP contribution in [0.15, 0.2) is 55.0 Å². The fraction of sp³-hybridized carbons (Fsp3) is 0.552. The van der Waals surface area contributed by atoms with Crippen LogP contribution in [0.3, 0.4) is 0 Å². The van der Waals surface area contributed by atoms with Gasteiger partial charge in [0.1, 0.15) is 0 Å². The van der Waals surface area contributed by atoms with Crippen LogP contribution in [-0.2, 0) is 6.54 Å². The van der Waals surface area contributed by atoms with Gasteiger partial charge in [0.05, 0.1) is 0 Å². The van der Waals surface area contributed by atoms with Gasteiger partial charge in [-0.25, -0.2) is 0 Å². The fourth-order valence-corrected chi connectivity index (χ4v) is 6.22. The first-order chi connectivity index (χ1) is 15.9. The van der Waals surface area contributed by atoms with Crippen molar-refractivity contribution in [2.45, 2.75) is 76.7 Å². The van der Waals surface area contributed by atoms with E-state index in [2.05, 4.69) is 63.7 Å². The number of para-hydroxylation sites is 1. The van der Waals surface area contributed by atoms with Gasteiger partial charge in [-0.1, -0.05) is 56.4 Å². The third kappa shape index (κ3) is 5.09. The van der Waals surface area contributed by atoms with Gasteiger partial charge < -0.3 is 9.88 Å². The van der Waals surface area contributed by atoms with Crippen LogP contribution < -0.4 is 5.32 Å². The highest BCUT2D eigenvalue weighted by Gasteiger charge is 2.22. The Morgan fingerprint density at radius 1 is 0.938 bits per heavy atom. The molecule has 1 N–H and O–H groups in total. The van der Waals surface area contributed by atoms with E-state index in [1.165, 1.54) is 106 Å². The van der Waals surface area contributed by atoms with Crippen LogP contribution in [0.25, 0.3) is 10.9 Å². The number of fused-ring (bicyclic) bond motifs is 1. The zero-order valence-electron chi connectivity index (χ0n) is 19.5. The van der Waals surface area contributed by atoms with Crippen LogP contribution in [0, 0.1) is 11.8 Å². The summed E-state index contributed by atoms with van der Waals surface area (Å²) in [5.74, 6) is 2.17. The van der Waals surface area contributed by atoms with Crippen LogP contribution >= 0.6 is 0 Å². The number of hydrogen-bond donors (Lipinski definition) is 1. The van der Waals surface area contributed by atoms with Crippen molar-refractivity contribution in [1.82, 2.24) is 14.9 Å². The number of nitrogens with one attached hydrogen (secondary N) is 1.